The van der Waals surface area contributed by atoms with E-state index in [4.69, 9.17) is 0 Å². The van der Waals surface area contributed by atoms with E-state index in [1.165, 1.54) is 11.1 Å². The van der Waals surface area contributed by atoms with Crippen LogP contribution in [0.2, 0.25) is 0 Å². The average molecular weight is 340 g/mol. The average Bonchev–Trinajstić information content (AvgIpc) is 3.36. The first-order chi connectivity index (χ1) is 12.2. The van der Waals surface area contributed by atoms with Crippen LogP contribution in [0.5, 0.6) is 0 Å². The number of amides is 2. The number of carbonyl (C=O) groups excluding carboxylic acids is 1. The van der Waals surface area contributed by atoms with Crippen molar-refractivity contribution in [2.75, 3.05) is 6.54 Å². The van der Waals surface area contributed by atoms with Crippen molar-refractivity contribution < 1.29 is 4.79 Å². The number of hydrogen-bond donors (Lipinski definition) is 2. The van der Waals surface area contributed by atoms with Gasteiger partial charge in [0, 0.05) is 6.54 Å². The lowest BCUT2D eigenvalue weighted by Gasteiger charge is -2.25. The normalized spacial score (nSPS) is 20.6. The Balaban J connectivity index is 1.27. The highest BCUT2D eigenvalue weighted by atomic mass is 16.2. The molecule has 2 aromatic rings. The summed E-state index contributed by atoms with van der Waals surface area (Å²) in [7, 11) is 0. The summed E-state index contributed by atoms with van der Waals surface area (Å²) >= 11 is 0. The van der Waals surface area contributed by atoms with Crippen LogP contribution in [0.15, 0.2) is 24.3 Å². The maximum Gasteiger partial charge on any atom is 0.315 e. The quantitative estimate of drug-likeness (QED) is 0.874. The van der Waals surface area contributed by atoms with E-state index in [1.807, 2.05) is 11.6 Å². The molecule has 2 unspecified atom stereocenters. The number of carbonyl (C=O) groups is 1. The van der Waals surface area contributed by atoms with Gasteiger partial charge in [-0.1, -0.05) is 24.3 Å². The maximum atomic E-state index is 12.2. The lowest BCUT2D eigenvalue weighted by Crippen LogP contribution is -2.41. The SMILES string of the molecule is CC(NC(=O)NCC1CCc2ccccc2C1)c1nnnn1C1CC1. The molecular weight excluding hydrogens is 316 g/mol. The number of nitrogens with zero attached hydrogens (tertiary/aromatic N) is 4. The summed E-state index contributed by atoms with van der Waals surface area (Å²) in [6.07, 6.45) is 5.47. The fourth-order valence-corrected chi connectivity index (χ4v) is 3.56. The molecule has 2 N–H and O–H groups in total. The number of tetrazole rings is 1. The number of hydrogen-bond acceptors (Lipinski definition) is 4. The molecule has 1 fully saturated rings. The third kappa shape index (κ3) is 3.65. The molecule has 0 aliphatic heterocycles. The second kappa shape index (κ2) is 6.82. The Hall–Kier alpha value is -2.44. The van der Waals surface area contributed by atoms with Crippen LogP contribution in [0.3, 0.4) is 0 Å². The molecule has 2 aliphatic rings. The van der Waals surface area contributed by atoms with Crippen LogP contribution in [0, 0.1) is 5.92 Å². The van der Waals surface area contributed by atoms with Crippen LogP contribution >= 0.6 is 0 Å². The Morgan fingerprint density at radius 2 is 2.08 bits per heavy atom. The summed E-state index contributed by atoms with van der Waals surface area (Å²) in [6, 6.07) is 8.63. The van der Waals surface area contributed by atoms with Crippen molar-refractivity contribution in [2.24, 2.45) is 5.92 Å². The summed E-state index contributed by atoms with van der Waals surface area (Å²) in [6.45, 7) is 2.61. The van der Waals surface area contributed by atoms with E-state index >= 15 is 0 Å². The van der Waals surface area contributed by atoms with E-state index in [1.54, 1.807) is 0 Å². The van der Waals surface area contributed by atoms with Crippen LogP contribution in [0.25, 0.3) is 0 Å². The first kappa shape index (κ1) is 16.1. The molecule has 1 aromatic carbocycles. The zero-order chi connectivity index (χ0) is 17.2. The van der Waals surface area contributed by atoms with E-state index in [9.17, 15) is 4.79 Å². The molecule has 7 heteroatoms. The minimum atomic E-state index is -0.206. The lowest BCUT2D eigenvalue weighted by molar-refractivity contribution is 0.234. The monoisotopic (exact) mass is 340 g/mol. The van der Waals surface area contributed by atoms with E-state index < -0.39 is 0 Å². The summed E-state index contributed by atoms with van der Waals surface area (Å²) < 4.78 is 1.84. The first-order valence-electron chi connectivity index (χ1n) is 9.09. The van der Waals surface area contributed by atoms with Gasteiger partial charge in [0.2, 0.25) is 0 Å². The number of rotatable bonds is 5. The molecule has 0 saturated heterocycles. The summed E-state index contributed by atoms with van der Waals surface area (Å²) in [5, 5.41) is 17.8. The number of fused-ring (bicyclic) bond motifs is 1. The van der Waals surface area contributed by atoms with Gasteiger partial charge in [-0.15, -0.1) is 5.10 Å². The third-order valence-corrected chi connectivity index (χ3v) is 5.15. The van der Waals surface area contributed by atoms with E-state index in [2.05, 4.69) is 50.4 Å². The van der Waals surface area contributed by atoms with Crippen LogP contribution in [0.1, 0.15) is 55.2 Å². The van der Waals surface area contributed by atoms with E-state index in [-0.39, 0.29) is 12.1 Å². The molecule has 0 radical (unpaired) electrons. The topological polar surface area (TPSA) is 84.7 Å². The van der Waals surface area contributed by atoms with Gasteiger partial charge in [0.25, 0.3) is 0 Å². The molecule has 2 amide bonds. The Bertz CT molecular complexity index is 754. The molecule has 1 aromatic heterocycles. The Labute approximate surface area is 147 Å². The van der Waals surface area contributed by atoms with Crippen LogP contribution in [-0.2, 0) is 12.8 Å². The Kier molecular flexibility index (Phi) is 4.38. The van der Waals surface area contributed by atoms with E-state index in [0.717, 1.165) is 37.9 Å². The molecule has 4 rings (SSSR count). The van der Waals surface area contributed by atoms with Gasteiger partial charge in [0.15, 0.2) is 5.82 Å². The van der Waals surface area contributed by atoms with Gasteiger partial charge < -0.3 is 10.6 Å². The van der Waals surface area contributed by atoms with Crippen molar-refractivity contribution in [3.8, 4) is 0 Å². The van der Waals surface area contributed by atoms with Crippen LogP contribution < -0.4 is 10.6 Å². The lowest BCUT2D eigenvalue weighted by atomic mass is 9.84. The predicted molar refractivity (Wildman–Crippen MR) is 93.0 cm³/mol. The molecule has 7 nitrogen and oxygen atoms in total. The molecule has 0 bridgehead atoms. The highest BCUT2D eigenvalue weighted by molar-refractivity contribution is 5.74. The number of aryl methyl sites for hydroxylation is 1. The zero-order valence-corrected chi connectivity index (χ0v) is 14.5. The van der Waals surface area contributed by atoms with Crippen molar-refractivity contribution in [2.45, 2.75) is 51.1 Å². The fourth-order valence-electron chi connectivity index (χ4n) is 3.56. The van der Waals surface area contributed by atoms with Crippen molar-refractivity contribution >= 4 is 6.03 Å². The van der Waals surface area contributed by atoms with Gasteiger partial charge in [-0.3, -0.25) is 0 Å². The molecule has 1 heterocycles. The molecule has 2 aliphatic carbocycles. The first-order valence-corrected chi connectivity index (χ1v) is 9.09. The summed E-state index contributed by atoms with van der Waals surface area (Å²) in [4.78, 5) is 12.2. The maximum absolute atomic E-state index is 12.2. The number of urea groups is 1. The molecule has 1 saturated carbocycles. The fraction of sp³-hybridized carbons (Fsp3) is 0.556. The number of aromatic nitrogens is 4. The van der Waals surface area contributed by atoms with Crippen molar-refractivity contribution in [1.82, 2.24) is 30.8 Å². The van der Waals surface area contributed by atoms with Gasteiger partial charge in [-0.05, 0) is 66.5 Å². The molecule has 0 spiro atoms. The summed E-state index contributed by atoms with van der Waals surface area (Å²) in [5.74, 6) is 1.22. The summed E-state index contributed by atoms with van der Waals surface area (Å²) in [5.41, 5.74) is 2.86. The predicted octanol–water partition coefficient (Wildman–Crippen LogP) is 2.17. The standard InChI is InChI=1S/C18H24N6O/c1-12(17-21-22-23-24(17)16-8-9-16)20-18(25)19-11-13-6-7-14-4-2-3-5-15(14)10-13/h2-5,12-13,16H,6-11H2,1H3,(H2,19,20,25). The van der Waals surface area contributed by atoms with Crippen molar-refractivity contribution in [1.29, 1.82) is 0 Å². The van der Waals surface area contributed by atoms with Crippen LogP contribution in [-0.4, -0.2) is 32.8 Å². The van der Waals surface area contributed by atoms with Gasteiger partial charge in [0.1, 0.15) is 0 Å². The van der Waals surface area contributed by atoms with E-state index in [0.29, 0.717) is 18.5 Å². The van der Waals surface area contributed by atoms with Crippen LogP contribution in [0.4, 0.5) is 4.79 Å². The second-order valence-electron chi connectivity index (χ2n) is 7.17. The largest absolute Gasteiger partial charge is 0.338 e. The van der Waals surface area contributed by atoms with Crippen molar-refractivity contribution in [3.63, 3.8) is 0 Å². The molecule has 132 valence electrons. The highest BCUT2D eigenvalue weighted by Crippen LogP contribution is 2.35. The third-order valence-electron chi connectivity index (χ3n) is 5.15. The van der Waals surface area contributed by atoms with Gasteiger partial charge >= 0.3 is 6.03 Å². The second-order valence-corrected chi connectivity index (χ2v) is 7.17. The molecular formula is C18H24N6O. The molecule has 2 atom stereocenters. The van der Waals surface area contributed by atoms with Gasteiger partial charge in [0.05, 0.1) is 12.1 Å². The number of benzene rings is 1. The van der Waals surface area contributed by atoms with Gasteiger partial charge in [-0.25, -0.2) is 9.48 Å². The molecule has 25 heavy (non-hydrogen) atoms. The smallest absolute Gasteiger partial charge is 0.315 e. The zero-order valence-electron chi connectivity index (χ0n) is 14.5. The highest BCUT2D eigenvalue weighted by Gasteiger charge is 2.30. The van der Waals surface area contributed by atoms with Gasteiger partial charge in [-0.2, -0.15) is 0 Å². The minimum absolute atomic E-state index is 0.156. The van der Waals surface area contributed by atoms with Crippen molar-refractivity contribution in [3.05, 3.63) is 41.2 Å². The number of nitrogens with one attached hydrogen (secondary N) is 2. The Morgan fingerprint density at radius 1 is 1.28 bits per heavy atom. The Morgan fingerprint density at radius 3 is 2.88 bits per heavy atom. The minimum Gasteiger partial charge on any atom is -0.338 e.